The Bertz CT molecular complexity index is 595. The number of nitrogen functional groups attached to an aromatic ring is 1. The minimum atomic E-state index is 0.596. The Balaban J connectivity index is 1.97. The lowest BCUT2D eigenvalue weighted by molar-refractivity contribution is 0.315. The van der Waals surface area contributed by atoms with Crippen molar-refractivity contribution < 1.29 is 0 Å². The van der Waals surface area contributed by atoms with Crippen LogP contribution in [0.15, 0.2) is 24.5 Å². The molecule has 1 unspecified atom stereocenters. The second-order valence-corrected chi connectivity index (χ2v) is 5.33. The van der Waals surface area contributed by atoms with Crippen LogP contribution < -0.4 is 10.6 Å². The number of anilines is 2. The Hall–Kier alpha value is -1.88. The highest BCUT2D eigenvalue weighted by molar-refractivity contribution is 5.91. The average molecular weight is 257 g/mol. The van der Waals surface area contributed by atoms with Gasteiger partial charge in [0.1, 0.15) is 12.1 Å². The van der Waals surface area contributed by atoms with Gasteiger partial charge in [-0.05, 0) is 38.7 Å². The van der Waals surface area contributed by atoms with Crippen molar-refractivity contribution in [3.63, 3.8) is 0 Å². The van der Waals surface area contributed by atoms with E-state index in [9.17, 15) is 0 Å². The second-order valence-electron chi connectivity index (χ2n) is 5.33. The molecule has 1 aliphatic rings. The van der Waals surface area contributed by atoms with E-state index in [0.717, 1.165) is 35.5 Å². The van der Waals surface area contributed by atoms with Crippen LogP contribution in [-0.2, 0) is 0 Å². The zero-order valence-electron chi connectivity index (χ0n) is 11.4. The summed E-state index contributed by atoms with van der Waals surface area (Å²) < 4.78 is 0. The van der Waals surface area contributed by atoms with Crippen LogP contribution in [0.2, 0.25) is 0 Å². The van der Waals surface area contributed by atoms with E-state index in [4.69, 9.17) is 5.73 Å². The number of hydrogen-bond acceptors (Lipinski definition) is 5. The summed E-state index contributed by atoms with van der Waals surface area (Å²) in [6, 6.07) is 6.43. The summed E-state index contributed by atoms with van der Waals surface area (Å²) in [7, 11) is 4.26. The zero-order valence-corrected chi connectivity index (χ0v) is 11.4. The Morgan fingerprint density at radius 3 is 2.89 bits per heavy atom. The monoisotopic (exact) mass is 257 g/mol. The van der Waals surface area contributed by atoms with Crippen molar-refractivity contribution in [2.45, 2.75) is 12.5 Å². The predicted octanol–water partition coefficient (Wildman–Crippen LogP) is 1.35. The van der Waals surface area contributed by atoms with Gasteiger partial charge in [-0.3, -0.25) is 0 Å². The van der Waals surface area contributed by atoms with Crippen LogP contribution in [0, 0.1) is 0 Å². The minimum Gasteiger partial charge on any atom is -0.399 e. The quantitative estimate of drug-likeness (QED) is 0.823. The van der Waals surface area contributed by atoms with Crippen molar-refractivity contribution in [1.29, 1.82) is 0 Å². The fraction of sp³-hybridized carbons (Fsp3) is 0.429. The first-order chi connectivity index (χ1) is 9.15. The molecule has 1 fully saturated rings. The van der Waals surface area contributed by atoms with E-state index in [1.165, 1.54) is 6.42 Å². The molecule has 5 heteroatoms. The molecule has 5 nitrogen and oxygen atoms in total. The van der Waals surface area contributed by atoms with Crippen LogP contribution in [0.4, 0.5) is 11.5 Å². The highest BCUT2D eigenvalue weighted by Gasteiger charge is 2.25. The minimum absolute atomic E-state index is 0.596. The van der Waals surface area contributed by atoms with Crippen LogP contribution in [-0.4, -0.2) is 48.1 Å². The number of aromatic nitrogens is 2. The van der Waals surface area contributed by atoms with E-state index < -0.39 is 0 Å². The molecule has 1 aromatic heterocycles. The lowest BCUT2D eigenvalue weighted by atomic mass is 10.2. The van der Waals surface area contributed by atoms with Gasteiger partial charge in [0, 0.05) is 30.2 Å². The summed E-state index contributed by atoms with van der Waals surface area (Å²) in [5.41, 5.74) is 7.46. The Labute approximate surface area is 113 Å². The molecule has 1 aromatic carbocycles. The average Bonchev–Trinajstić information content (AvgIpc) is 2.87. The summed E-state index contributed by atoms with van der Waals surface area (Å²) >= 11 is 0. The molecule has 0 amide bonds. The molecule has 0 bridgehead atoms. The second kappa shape index (κ2) is 4.66. The molecule has 1 saturated heterocycles. The third-order valence-electron chi connectivity index (χ3n) is 3.83. The van der Waals surface area contributed by atoms with Crippen LogP contribution in [0.5, 0.6) is 0 Å². The van der Waals surface area contributed by atoms with Crippen molar-refractivity contribution in [3.8, 4) is 0 Å². The van der Waals surface area contributed by atoms with Gasteiger partial charge in [0.2, 0.25) is 0 Å². The van der Waals surface area contributed by atoms with E-state index in [1.54, 1.807) is 6.33 Å². The summed E-state index contributed by atoms with van der Waals surface area (Å²) in [6.07, 6.45) is 2.80. The fourth-order valence-corrected chi connectivity index (χ4v) is 2.67. The number of benzene rings is 1. The Morgan fingerprint density at radius 1 is 1.32 bits per heavy atom. The summed E-state index contributed by atoms with van der Waals surface area (Å²) in [4.78, 5) is 13.4. The van der Waals surface area contributed by atoms with Crippen molar-refractivity contribution in [2.75, 3.05) is 37.8 Å². The van der Waals surface area contributed by atoms with E-state index in [2.05, 4.69) is 33.9 Å². The maximum absolute atomic E-state index is 5.81. The molecule has 3 rings (SSSR count). The maximum Gasteiger partial charge on any atom is 0.139 e. The largest absolute Gasteiger partial charge is 0.399 e. The van der Waals surface area contributed by atoms with Gasteiger partial charge < -0.3 is 15.5 Å². The van der Waals surface area contributed by atoms with Crippen LogP contribution >= 0.6 is 0 Å². The first-order valence-electron chi connectivity index (χ1n) is 6.57. The molecule has 2 aromatic rings. The zero-order chi connectivity index (χ0) is 13.4. The van der Waals surface area contributed by atoms with Crippen molar-refractivity contribution >= 4 is 22.4 Å². The van der Waals surface area contributed by atoms with E-state index in [-0.39, 0.29) is 0 Å². The van der Waals surface area contributed by atoms with E-state index in [1.807, 2.05) is 18.2 Å². The van der Waals surface area contributed by atoms with Gasteiger partial charge in [0.25, 0.3) is 0 Å². The first kappa shape index (κ1) is 12.2. The van der Waals surface area contributed by atoms with Gasteiger partial charge in [-0.15, -0.1) is 0 Å². The number of nitrogens with two attached hydrogens (primary N) is 1. The van der Waals surface area contributed by atoms with E-state index >= 15 is 0 Å². The highest BCUT2D eigenvalue weighted by atomic mass is 15.3. The van der Waals surface area contributed by atoms with Gasteiger partial charge in [-0.25, -0.2) is 9.97 Å². The molecule has 1 atom stereocenters. The third kappa shape index (κ3) is 2.21. The van der Waals surface area contributed by atoms with E-state index in [0.29, 0.717) is 6.04 Å². The Morgan fingerprint density at radius 2 is 2.16 bits per heavy atom. The standard InChI is InChI=1S/C14H19N5/c1-18(2)11-5-6-19(8-11)14-12-4-3-10(15)7-13(12)16-9-17-14/h3-4,7,9,11H,5-6,8,15H2,1-2H3. The van der Waals surface area contributed by atoms with Crippen molar-refractivity contribution in [3.05, 3.63) is 24.5 Å². The van der Waals surface area contributed by atoms with Crippen LogP contribution in [0.25, 0.3) is 10.9 Å². The molecule has 0 aliphatic carbocycles. The SMILES string of the molecule is CN(C)C1CCN(c2ncnc3cc(N)ccc23)C1. The molecular formula is C14H19N5. The molecular weight excluding hydrogens is 238 g/mol. The molecule has 0 spiro atoms. The number of hydrogen-bond donors (Lipinski definition) is 1. The number of fused-ring (bicyclic) bond motifs is 1. The lowest BCUT2D eigenvalue weighted by Crippen LogP contribution is -2.31. The molecule has 19 heavy (non-hydrogen) atoms. The molecule has 0 radical (unpaired) electrons. The van der Waals surface area contributed by atoms with Crippen LogP contribution in [0.3, 0.4) is 0 Å². The molecule has 1 aliphatic heterocycles. The third-order valence-corrected chi connectivity index (χ3v) is 3.83. The molecule has 0 saturated carbocycles. The first-order valence-corrected chi connectivity index (χ1v) is 6.57. The van der Waals surface area contributed by atoms with Gasteiger partial charge >= 0.3 is 0 Å². The van der Waals surface area contributed by atoms with Crippen molar-refractivity contribution in [2.24, 2.45) is 0 Å². The Kier molecular flexibility index (Phi) is 2.98. The smallest absolute Gasteiger partial charge is 0.139 e. The van der Waals surface area contributed by atoms with Crippen LogP contribution in [0.1, 0.15) is 6.42 Å². The summed E-state index contributed by atoms with van der Waals surface area (Å²) in [5.74, 6) is 1.02. The lowest BCUT2D eigenvalue weighted by Gasteiger charge is -2.21. The van der Waals surface area contributed by atoms with Gasteiger partial charge in [0.15, 0.2) is 0 Å². The molecule has 2 heterocycles. The number of likely N-dealkylation sites (N-methyl/N-ethyl adjacent to an activating group) is 1. The topological polar surface area (TPSA) is 58.3 Å². The number of rotatable bonds is 2. The van der Waals surface area contributed by atoms with Crippen molar-refractivity contribution in [1.82, 2.24) is 14.9 Å². The van der Waals surface area contributed by atoms with Gasteiger partial charge in [-0.2, -0.15) is 0 Å². The summed E-state index contributed by atoms with van der Waals surface area (Å²) in [5, 5.41) is 1.08. The van der Waals surface area contributed by atoms with Gasteiger partial charge in [0.05, 0.1) is 5.52 Å². The number of nitrogens with zero attached hydrogens (tertiary/aromatic N) is 4. The molecule has 100 valence electrons. The van der Waals surface area contributed by atoms with Gasteiger partial charge in [-0.1, -0.05) is 0 Å². The normalized spacial score (nSPS) is 19.5. The highest BCUT2D eigenvalue weighted by Crippen LogP contribution is 2.27. The summed E-state index contributed by atoms with van der Waals surface area (Å²) in [6.45, 7) is 2.06. The molecule has 2 N–H and O–H groups in total. The predicted molar refractivity (Wildman–Crippen MR) is 78.3 cm³/mol. The fourth-order valence-electron chi connectivity index (χ4n) is 2.67. The maximum atomic E-state index is 5.81.